The summed E-state index contributed by atoms with van der Waals surface area (Å²) >= 11 is 0. The molecule has 1 fully saturated rings. The van der Waals surface area contributed by atoms with Gasteiger partial charge in [0, 0.05) is 18.9 Å². The Kier molecular flexibility index (Phi) is 4.77. The predicted octanol–water partition coefficient (Wildman–Crippen LogP) is 1.15. The molecule has 0 saturated carbocycles. The highest BCUT2D eigenvalue weighted by Gasteiger charge is 2.32. The summed E-state index contributed by atoms with van der Waals surface area (Å²) in [6.07, 6.45) is 3.90. The van der Waals surface area contributed by atoms with Crippen molar-refractivity contribution in [2.24, 2.45) is 0 Å². The van der Waals surface area contributed by atoms with Crippen LogP contribution < -0.4 is 15.2 Å². The molecule has 0 aliphatic carbocycles. The molecule has 1 saturated heterocycles. The van der Waals surface area contributed by atoms with Crippen LogP contribution in [0.4, 0.5) is 0 Å². The third kappa shape index (κ3) is 3.45. The number of aromatic amines is 1. The first-order valence-electron chi connectivity index (χ1n) is 8.62. The molecule has 1 atom stereocenters. The second-order valence-corrected chi connectivity index (χ2v) is 8.23. The number of rotatable bonds is 5. The van der Waals surface area contributed by atoms with Crippen LogP contribution in [0, 0.1) is 0 Å². The Labute approximate surface area is 160 Å². The molecule has 1 N–H and O–H groups in total. The smallest absolute Gasteiger partial charge is 0.417 e. The monoisotopic (exact) mass is 406 g/mol. The van der Waals surface area contributed by atoms with Gasteiger partial charge in [0.05, 0.1) is 24.1 Å². The van der Waals surface area contributed by atoms with Gasteiger partial charge in [0.1, 0.15) is 6.10 Å². The Morgan fingerprint density at radius 3 is 2.82 bits per heavy atom. The summed E-state index contributed by atoms with van der Waals surface area (Å²) in [5, 5.41) is 0. The summed E-state index contributed by atoms with van der Waals surface area (Å²) in [7, 11) is -2.30. The number of benzene rings is 1. The molecule has 0 bridgehead atoms. The van der Waals surface area contributed by atoms with Gasteiger partial charge in [0.25, 0.3) is 11.8 Å². The lowest BCUT2D eigenvalue weighted by Gasteiger charge is -2.31. The molecule has 10 nitrogen and oxygen atoms in total. The molecule has 28 heavy (non-hydrogen) atoms. The lowest BCUT2D eigenvalue weighted by Crippen LogP contribution is -2.44. The highest BCUT2D eigenvalue weighted by atomic mass is 32.2. The number of nitrogens with one attached hydrogen (secondary N) is 1. The van der Waals surface area contributed by atoms with Crippen LogP contribution in [0.5, 0.6) is 11.8 Å². The van der Waals surface area contributed by atoms with Crippen molar-refractivity contribution < 1.29 is 22.3 Å². The van der Waals surface area contributed by atoms with E-state index < -0.39 is 15.8 Å². The van der Waals surface area contributed by atoms with E-state index in [2.05, 4.69) is 15.0 Å². The minimum atomic E-state index is -3.76. The Bertz CT molecular complexity index is 1160. The van der Waals surface area contributed by atoms with Gasteiger partial charge in [0.15, 0.2) is 5.58 Å². The zero-order chi connectivity index (χ0) is 19.7. The lowest BCUT2D eigenvalue weighted by molar-refractivity contribution is 0.119. The van der Waals surface area contributed by atoms with Crippen LogP contribution in [0.2, 0.25) is 0 Å². The molecule has 0 spiro atoms. The van der Waals surface area contributed by atoms with Crippen molar-refractivity contribution in [3.8, 4) is 11.8 Å². The van der Waals surface area contributed by atoms with Crippen LogP contribution in [-0.4, -0.2) is 54.0 Å². The molecule has 148 valence electrons. The van der Waals surface area contributed by atoms with E-state index in [1.54, 1.807) is 0 Å². The molecule has 1 aliphatic rings. The van der Waals surface area contributed by atoms with Gasteiger partial charge in [-0.1, -0.05) is 0 Å². The molecule has 11 heteroatoms. The topological polar surface area (TPSA) is 128 Å². The molecule has 1 aliphatic heterocycles. The van der Waals surface area contributed by atoms with Crippen LogP contribution in [0.3, 0.4) is 0 Å². The van der Waals surface area contributed by atoms with Crippen molar-refractivity contribution in [1.29, 1.82) is 0 Å². The third-order valence-corrected chi connectivity index (χ3v) is 6.34. The summed E-state index contributed by atoms with van der Waals surface area (Å²) in [5.41, 5.74) is 0.638. The van der Waals surface area contributed by atoms with Crippen LogP contribution in [0.25, 0.3) is 11.1 Å². The highest BCUT2D eigenvalue weighted by molar-refractivity contribution is 7.89. The largest absolute Gasteiger partial charge is 0.477 e. The quantitative estimate of drug-likeness (QED) is 0.668. The third-order valence-electron chi connectivity index (χ3n) is 4.47. The van der Waals surface area contributed by atoms with E-state index >= 15 is 0 Å². The molecular formula is C17H18N4O6S. The average molecular weight is 406 g/mol. The average Bonchev–Trinajstić information content (AvgIpc) is 3.08. The number of aromatic nitrogens is 3. The fraction of sp³-hybridized carbons (Fsp3) is 0.353. The minimum Gasteiger partial charge on any atom is -0.477 e. The van der Waals surface area contributed by atoms with Gasteiger partial charge in [-0.25, -0.2) is 23.2 Å². The number of ether oxygens (including phenoxy) is 2. The standard InChI is InChI=1S/C17H18N4O6S/c1-25-15-16(19-7-6-18-15)26-11-3-2-8-21(10-11)28(23,24)12-4-5-14-13(9-12)20-17(22)27-14/h4-7,9,11H,2-3,8,10H2,1H3,(H,20,22). The summed E-state index contributed by atoms with van der Waals surface area (Å²) in [4.78, 5) is 22.0. The van der Waals surface area contributed by atoms with Crippen LogP contribution >= 0.6 is 0 Å². The second kappa shape index (κ2) is 7.24. The van der Waals surface area contributed by atoms with Crippen LogP contribution in [0.1, 0.15) is 12.8 Å². The fourth-order valence-electron chi connectivity index (χ4n) is 3.15. The van der Waals surface area contributed by atoms with Crippen LogP contribution in [-0.2, 0) is 10.0 Å². The fourth-order valence-corrected chi connectivity index (χ4v) is 4.69. The molecule has 3 heterocycles. The van der Waals surface area contributed by atoms with E-state index in [-0.39, 0.29) is 29.3 Å². The number of methoxy groups -OCH3 is 1. The second-order valence-electron chi connectivity index (χ2n) is 6.29. The SMILES string of the molecule is COc1nccnc1OC1CCCN(S(=O)(=O)c2ccc3oc(=O)[nH]c3c2)C1. The molecule has 0 radical (unpaired) electrons. The molecule has 2 aromatic heterocycles. The Hall–Kier alpha value is -2.92. The van der Waals surface area contributed by atoms with Crippen molar-refractivity contribution >= 4 is 21.1 Å². The van der Waals surface area contributed by atoms with Crippen molar-refractivity contribution in [1.82, 2.24) is 19.3 Å². The summed E-state index contributed by atoms with van der Waals surface area (Å²) < 4.78 is 43.4. The van der Waals surface area contributed by atoms with E-state index in [0.29, 0.717) is 30.5 Å². The number of oxazole rings is 1. The van der Waals surface area contributed by atoms with E-state index in [1.807, 2.05) is 0 Å². The molecule has 3 aromatic rings. The Morgan fingerprint density at radius 1 is 1.25 bits per heavy atom. The molecular weight excluding hydrogens is 388 g/mol. The van der Waals surface area contributed by atoms with Gasteiger partial charge in [-0.3, -0.25) is 4.98 Å². The number of hydrogen-bond acceptors (Lipinski definition) is 8. The van der Waals surface area contributed by atoms with E-state index in [4.69, 9.17) is 13.9 Å². The van der Waals surface area contributed by atoms with Crippen molar-refractivity contribution in [2.45, 2.75) is 23.8 Å². The molecule has 4 rings (SSSR count). The van der Waals surface area contributed by atoms with E-state index in [1.165, 1.54) is 42.0 Å². The summed E-state index contributed by atoms with van der Waals surface area (Å²) in [6.45, 7) is 0.543. The van der Waals surface area contributed by atoms with Gasteiger partial charge < -0.3 is 13.9 Å². The maximum Gasteiger partial charge on any atom is 0.417 e. The van der Waals surface area contributed by atoms with Crippen molar-refractivity contribution in [3.05, 3.63) is 41.1 Å². The summed E-state index contributed by atoms with van der Waals surface area (Å²) in [6, 6.07) is 4.28. The number of nitrogens with zero attached hydrogens (tertiary/aromatic N) is 3. The zero-order valence-corrected chi connectivity index (χ0v) is 15.8. The van der Waals surface area contributed by atoms with Crippen molar-refractivity contribution in [3.63, 3.8) is 0 Å². The number of sulfonamides is 1. The van der Waals surface area contributed by atoms with Gasteiger partial charge >= 0.3 is 5.76 Å². The van der Waals surface area contributed by atoms with E-state index in [0.717, 1.165) is 0 Å². The van der Waals surface area contributed by atoms with Gasteiger partial charge in [-0.2, -0.15) is 4.31 Å². The Morgan fingerprint density at radius 2 is 2.04 bits per heavy atom. The Balaban J connectivity index is 1.56. The van der Waals surface area contributed by atoms with Gasteiger partial charge in [0.2, 0.25) is 10.0 Å². The number of hydrogen-bond donors (Lipinski definition) is 1. The van der Waals surface area contributed by atoms with Gasteiger partial charge in [-0.05, 0) is 31.0 Å². The van der Waals surface area contributed by atoms with Crippen LogP contribution in [0.15, 0.2) is 44.7 Å². The normalized spacial score (nSPS) is 18.2. The zero-order valence-electron chi connectivity index (χ0n) is 15.0. The first-order chi connectivity index (χ1) is 13.5. The number of piperidine rings is 1. The lowest BCUT2D eigenvalue weighted by atomic mass is 10.1. The minimum absolute atomic E-state index is 0.0785. The number of fused-ring (bicyclic) bond motifs is 1. The summed E-state index contributed by atoms with van der Waals surface area (Å²) in [5.74, 6) is -0.155. The maximum absolute atomic E-state index is 13.1. The molecule has 1 unspecified atom stereocenters. The van der Waals surface area contributed by atoms with E-state index in [9.17, 15) is 13.2 Å². The van der Waals surface area contributed by atoms with Crippen molar-refractivity contribution in [2.75, 3.05) is 20.2 Å². The number of H-pyrrole nitrogens is 1. The van der Waals surface area contributed by atoms with Gasteiger partial charge in [-0.15, -0.1) is 0 Å². The predicted molar refractivity (Wildman–Crippen MR) is 97.8 cm³/mol. The highest BCUT2D eigenvalue weighted by Crippen LogP contribution is 2.27. The molecule has 1 aromatic carbocycles. The first-order valence-corrected chi connectivity index (χ1v) is 10.1. The maximum atomic E-state index is 13.1. The first kappa shape index (κ1) is 18.4. The molecule has 0 amide bonds.